The van der Waals surface area contributed by atoms with Gasteiger partial charge in [-0.25, -0.2) is 4.98 Å². The number of hydrogen-bond donors (Lipinski definition) is 1. The zero-order valence-electron chi connectivity index (χ0n) is 11.6. The van der Waals surface area contributed by atoms with Gasteiger partial charge in [0.1, 0.15) is 5.75 Å². The number of nitrogen functional groups attached to an aromatic ring is 1. The van der Waals surface area contributed by atoms with Crippen LogP contribution in [0, 0.1) is 13.8 Å². The maximum absolute atomic E-state index is 5.89. The van der Waals surface area contributed by atoms with Crippen molar-refractivity contribution in [2.75, 3.05) is 5.73 Å². The molecule has 0 saturated heterocycles. The maximum Gasteiger partial charge on any atom is 0.219 e. The number of rotatable bonds is 2. The van der Waals surface area contributed by atoms with Crippen LogP contribution in [0.4, 0.5) is 5.69 Å². The normalized spacial score (nSPS) is 10.7. The lowest BCUT2D eigenvalue weighted by Crippen LogP contribution is -1.93. The molecule has 2 N–H and O–H groups in total. The molecule has 0 bridgehead atoms. The topological polar surface area (TPSA) is 48.1 Å². The van der Waals surface area contributed by atoms with E-state index >= 15 is 0 Å². The van der Waals surface area contributed by atoms with Crippen LogP contribution in [0.2, 0.25) is 0 Å². The SMILES string of the molecule is Cc1cccc(Oc2ccc3cc(N)ccc3n2)c1C. The molecule has 3 heteroatoms. The van der Waals surface area contributed by atoms with E-state index in [2.05, 4.69) is 18.0 Å². The number of nitrogens with two attached hydrogens (primary N) is 1. The van der Waals surface area contributed by atoms with Crippen molar-refractivity contribution in [3.8, 4) is 11.6 Å². The first-order chi connectivity index (χ1) is 9.63. The summed E-state index contributed by atoms with van der Waals surface area (Å²) in [5.41, 5.74) is 9.71. The quantitative estimate of drug-likeness (QED) is 0.705. The molecule has 0 aliphatic carbocycles. The predicted molar refractivity (Wildman–Crippen MR) is 82.1 cm³/mol. The molecule has 0 aliphatic rings. The van der Waals surface area contributed by atoms with Crippen molar-refractivity contribution in [2.45, 2.75) is 13.8 Å². The van der Waals surface area contributed by atoms with Gasteiger partial charge >= 0.3 is 0 Å². The van der Waals surface area contributed by atoms with Crippen LogP contribution in [-0.2, 0) is 0 Å². The van der Waals surface area contributed by atoms with E-state index in [4.69, 9.17) is 10.5 Å². The molecule has 3 aromatic rings. The number of pyridine rings is 1. The number of anilines is 1. The molecule has 0 fully saturated rings. The van der Waals surface area contributed by atoms with Crippen molar-refractivity contribution >= 4 is 16.6 Å². The van der Waals surface area contributed by atoms with Gasteiger partial charge in [-0.15, -0.1) is 0 Å². The monoisotopic (exact) mass is 264 g/mol. The van der Waals surface area contributed by atoms with Crippen LogP contribution in [0.15, 0.2) is 48.5 Å². The van der Waals surface area contributed by atoms with Crippen molar-refractivity contribution in [1.82, 2.24) is 4.98 Å². The standard InChI is InChI=1S/C17H16N2O/c1-11-4-3-5-16(12(11)2)20-17-9-6-13-10-14(18)7-8-15(13)19-17/h3-10H,18H2,1-2H3. The minimum absolute atomic E-state index is 0.593. The molecule has 2 aromatic carbocycles. The third kappa shape index (κ3) is 2.30. The highest BCUT2D eigenvalue weighted by atomic mass is 16.5. The summed E-state index contributed by atoms with van der Waals surface area (Å²) in [5, 5.41) is 1.01. The Balaban J connectivity index is 1.99. The molecule has 100 valence electrons. The molecule has 0 saturated carbocycles. The molecule has 0 amide bonds. The number of ether oxygens (including phenoxy) is 1. The summed E-state index contributed by atoms with van der Waals surface area (Å²) in [6, 6.07) is 15.5. The van der Waals surface area contributed by atoms with Gasteiger partial charge < -0.3 is 10.5 Å². The van der Waals surface area contributed by atoms with Crippen LogP contribution in [0.3, 0.4) is 0 Å². The summed E-state index contributed by atoms with van der Waals surface area (Å²) in [7, 11) is 0. The number of hydrogen-bond acceptors (Lipinski definition) is 3. The van der Waals surface area contributed by atoms with Crippen molar-refractivity contribution in [3.05, 3.63) is 59.7 Å². The van der Waals surface area contributed by atoms with Crippen LogP contribution >= 0.6 is 0 Å². The van der Waals surface area contributed by atoms with E-state index in [0.717, 1.165) is 27.9 Å². The lowest BCUT2D eigenvalue weighted by molar-refractivity contribution is 0.461. The zero-order valence-corrected chi connectivity index (χ0v) is 11.6. The van der Waals surface area contributed by atoms with E-state index < -0.39 is 0 Å². The summed E-state index contributed by atoms with van der Waals surface area (Å²) >= 11 is 0. The Labute approximate surface area is 118 Å². The smallest absolute Gasteiger partial charge is 0.219 e. The molecular formula is C17H16N2O. The van der Waals surface area contributed by atoms with Crippen LogP contribution in [0.1, 0.15) is 11.1 Å². The average molecular weight is 264 g/mol. The van der Waals surface area contributed by atoms with Gasteiger partial charge in [-0.2, -0.15) is 0 Å². The second-order valence-electron chi connectivity index (χ2n) is 4.90. The first-order valence-electron chi connectivity index (χ1n) is 6.54. The van der Waals surface area contributed by atoms with Gasteiger partial charge in [0.25, 0.3) is 0 Å². The fraction of sp³-hybridized carbons (Fsp3) is 0.118. The number of nitrogens with zero attached hydrogens (tertiary/aromatic N) is 1. The second-order valence-corrected chi connectivity index (χ2v) is 4.90. The van der Waals surface area contributed by atoms with Gasteiger partial charge in [0.05, 0.1) is 5.52 Å². The summed E-state index contributed by atoms with van der Waals surface area (Å²) < 4.78 is 5.89. The molecule has 3 nitrogen and oxygen atoms in total. The summed E-state index contributed by atoms with van der Waals surface area (Å²) in [5.74, 6) is 1.43. The molecule has 0 spiro atoms. The molecule has 0 unspecified atom stereocenters. The van der Waals surface area contributed by atoms with E-state index in [0.29, 0.717) is 5.88 Å². The summed E-state index contributed by atoms with van der Waals surface area (Å²) in [6.07, 6.45) is 0. The van der Waals surface area contributed by atoms with Crippen molar-refractivity contribution in [2.24, 2.45) is 0 Å². The Morgan fingerprint density at radius 3 is 2.70 bits per heavy atom. The molecule has 3 rings (SSSR count). The molecule has 0 aliphatic heterocycles. The van der Waals surface area contributed by atoms with Gasteiger partial charge in [-0.3, -0.25) is 0 Å². The molecular weight excluding hydrogens is 248 g/mol. The third-order valence-corrected chi connectivity index (χ3v) is 3.46. The van der Waals surface area contributed by atoms with Crippen LogP contribution in [0.5, 0.6) is 11.6 Å². The minimum atomic E-state index is 0.593. The largest absolute Gasteiger partial charge is 0.439 e. The number of aromatic nitrogens is 1. The molecule has 1 aromatic heterocycles. The lowest BCUT2D eigenvalue weighted by atomic mass is 10.1. The van der Waals surface area contributed by atoms with E-state index in [1.807, 2.05) is 49.4 Å². The van der Waals surface area contributed by atoms with E-state index in [-0.39, 0.29) is 0 Å². The first-order valence-corrected chi connectivity index (χ1v) is 6.54. The summed E-state index contributed by atoms with van der Waals surface area (Å²) in [4.78, 5) is 4.50. The molecule has 20 heavy (non-hydrogen) atoms. The highest BCUT2D eigenvalue weighted by molar-refractivity contribution is 5.82. The predicted octanol–water partition coefficient (Wildman–Crippen LogP) is 4.23. The van der Waals surface area contributed by atoms with E-state index in [1.165, 1.54) is 5.56 Å². The Morgan fingerprint density at radius 2 is 1.85 bits per heavy atom. The van der Waals surface area contributed by atoms with Crippen LogP contribution < -0.4 is 10.5 Å². The van der Waals surface area contributed by atoms with Gasteiger partial charge in [0.2, 0.25) is 5.88 Å². The van der Waals surface area contributed by atoms with Gasteiger partial charge in [-0.1, -0.05) is 12.1 Å². The molecule has 1 heterocycles. The fourth-order valence-electron chi connectivity index (χ4n) is 2.13. The third-order valence-electron chi connectivity index (χ3n) is 3.46. The average Bonchev–Trinajstić information content (AvgIpc) is 2.44. The van der Waals surface area contributed by atoms with Crippen molar-refractivity contribution < 1.29 is 4.74 Å². The van der Waals surface area contributed by atoms with E-state index in [9.17, 15) is 0 Å². The number of fused-ring (bicyclic) bond motifs is 1. The van der Waals surface area contributed by atoms with Crippen LogP contribution in [0.25, 0.3) is 10.9 Å². The lowest BCUT2D eigenvalue weighted by Gasteiger charge is -2.10. The Kier molecular flexibility index (Phi) is 3.03. The van der Waals surface area contributed by atoms with Gasteiger partial charge in [0, 0.05) is 17.1 Å². The Bertz CT molecular complexity index is 781. The second kappa shape index (κ2) is 4.85. The Hall–Kier alpha value is -2.55. The highest BCUT2D eigenvalue weighted by Gasteiger charge is 2.05. The first kappa shape index (κ1) is 12.5. The van der Waals surface area contributed by atoms with Gasteiger partial charge in [0.15, 0.2) is 0 Å². The summed E-state index contributed by atoms with van der Waals surface area (Å²) in [6.45, 7) is 4.12. The molecule has 0 atom stereocenters. The van der Waals surface area contributed by atoms with Crippen molar-refractivity contribution in [3.63, 3.8) is 0 Å². The number of benzene rings is 2. The highest BCUT2D eigenvalue weighted by Crippen LogP contribution is 2.27. The van der Waals surface area contributed by atoms with Gasteiger partial charge in [-0.05, 0) is 55.3 Å². The maximum atomic E-state index is 5.89. The van der Waals surface area contributed by atoms with E-state index in [1.54, 1.807) is 0 Å². The Morgan fingerprint density at radius 1 is 1.00 bits per heavy atom. The van der Waals surface area contributed by atoms with Crippen LogP contribution in [-0.4, -0.2) is 4.98 Å². The number of aryl methyl sites for hydroxylation is 1. The zero-order chi connectivity index (χ0) is 14.1. The fourth-order valence-corrected chi connectivity index (χ4v) is 2.13. The van der Waals surface area contributed by atoms with Crippen molar-refractivity contribution in [1.29, 1.82) is 0 Å². The molecule has 0 radical (unpaired) electrons. The minimum Gasteiger partial charge on any atom is -0.439 e.